The predicted molar refractivity (Wildman–Crippen MR) is 98.2 cm³/mol. The minimum absolute atomic E-state index is 0.107. The average molecular weight is 369 g/mol. The van der Waals surface area contributed by atoms with Crippen molar-refractivity contribution in [2.45, 2.75) is 32.1 Å². The molecule has 2 amide bonds. The highest BCUT2D eigenvalue weighted by molar-refractivity contribution is 6.37. The average Bonchev–Trinajstić information content (AvgIpc) is 2.83. The van der Waals surface area contributed by atoms with E-state index in [-0.39, 0.29) is 11.8 Å². The SMILES string of the molecule is O=C(/C=C/c1c(Cl)cccc1Cl)NCCC(=O)N1CCCCCC1. The summed E-state index contributed by atoms with van der Waals surface area (Å²) in [5.74, 6) is -0.162. The molecule has 1 aliphatic rings. The minimum atomic E-state index is -0.269. The minimum Gasteiger partial charge on any atom is -0.352 e. The summed E-state index contributed by atoms with van der Waals surface area (Å²) in [7, 11) is 0. The van der Waals surface area contributed by atoms with Gasteiger partial charge in [-0.3, -0.25) is 9.59 Å². The number of amides is 2. The fraction of sp³-hybridized carbons (Fsp3) is 0.444. The van der Waals surface area contributed by atoms with E-state index in [2.05, 4.69) is 5.32 Å². The van der Waals surface area contributed by atoms with Crippen molar-refractivity contribution in [3.05, 3.63) is 39.9 Å². The van der Waals surface area contributed by atoms with Crippen molar-refractivity contribution < 1.29 is 9.59 Å². The van der Waals surface area contributed by atoms with Gasteiger partial charge in [-0.25, -0.2) is 0 Å². The molecule has 0 saturated carbocycles. The summed E-state index contributed by atoms with van der Waals surface area (Å²) in [4.78, 5) is 25.9. The maximum Gasteiger partial charge on any atom is 0.244 e. The number of carbonyl (C=O) groups is 2. The number of carbonyl (C=O) groups excluding carboxylic acids is 2. The van der Waals surface area contributed by atoms with Gasteiger partial charge in [-0.05, 0) is 31.1 Å². The Balaban J connectivity index is 1.76. The van der Waals surface area contributed by atoms with Crippen LogP contribution in [0, 0.1) is 0 Å². The van der Waals surface area contributed by atoms with Gasteiger partial charge in [-0.2, -0.15) is 0 Å². The molecule has 6 heteroatoms. The Morgan fingerprint density at radius 3 is 2.33 bits per heavy atom. The zero-order valence-corrected chi connectivity index (χ0v) is 15.1. The Bertz CT molecular complexity index is 589. The third-order valence-electron chi connectivity index (χ3n) is 4.00. The molecule has 1 aromatic carbocycles. The number of nitrogens with one attached hydrogen (secondary N) is 1. The van der Waals surface area contributed by atoms with Gasteiger partial charge in [0.2, 0.25) is 11.8 Å². The van der Waals surface area contributed by atoms with E-state index in [9.17, 15) is 9.59 Å². The van der Waals surface area contributed by atoms with Crippen molar-refractivity contribution in [3.63, 3.8) is 0 Å². The Morgan fingerprint density at radius 1 is 1.08 bits per heavy atom. The molecule has 1 heterocycles. The van der Waals surface area contributed by atoms with Crippen molar-refractivity contribution in [2.75, 3.05) is 19.6 Å². The van der Waals surface area contributed by atoms with Crippen LogP contribution < -0.4 is 5.32 Å². The highest BCUT2D eigenvalue weighted by atomic mass is 35.5. The van der Waals surface area contributed by atoms with Gasteiger partial charge in [0.05, 0.1) is 0 Å². The van der Waals surface area contributed by atoms with E-state index in [0.29, 0.717) is 28.6 Å². The summed E-state index contributed by atoms with van der Waals surface area (Å²) >= 11 is 12.1. The van der Waals surface area contributed by atoms with Crippen molar-refractivity contribution in [3.8, 4) is 0 Å². The number of rotatable bonds is 5. The number of benzene rings is 1. The van der Waals surface area contributed by atoms with Gasteiger partial charge in [0.1, 0.15) is 0 Å². The van der Waals surface area contributed by atoms with Crippen LogP contribution in [0.15, 0.2) is 24.3 Å². The van der Waals surface area contributed by atoms with E-state index >= 15 is 0 Å². The van der Waals surface area contributed by atoms with Gasteiger partial charge < -0.3 is 10.2 Å². The number of likely N-dealkylation sites (tertiary alicyclic amines) is 1. The lowest BCUT2D eigenvalue weighted by Crippen LogP contribution is -2.34. The second-order valence-corrected chi connectivity index (χ2v) is 6.62. The monoisotopic (exact) mass is 368 g/mol. The van der Waals surface area contributed by atoms with E-state index in [1.165, 1.54) is 18.9 Å². The highest BCUT2D eigenvalue weighted by Gasteiger charge is 2.14. The van der Waals surface area contributed by atoms with E-state index in [0.717, 1.165) is 25.9 Å². The first-order valence-electron chi connectivity index (χ1n) is 8.25. The molecule has 130 valence electrons. The molecule has 0 radical (unpaired) electrons. The van der Waals surface area contributed by atoms with Gasteiger partial charge >= 0.3 is 0 Å². The second kappa shape index (κ2) is 9.70. The van der Waals surface area contributed by atoms with Crippen LogP contribution in [0.5, 0.6) is 0 Å². The molecule has 0 atom stereocenters. The quantitative estimate of drug-likeness (QED) is 0.800. The van der Waals surface area contributed by atoms with Crippen LogP contribution in [0.1, 0.15) is 37.7 Å². The van der Waals surface area contributed by atoms with Crippen molar-refractivity contribution in [2.24, 2.45) is 0 Å². The van der Waals surface area contributed by atoms with Crippen molar-refractivity contribution in [1.29, 1.82) is 0 Å². The van der Waals surface area contributed by atoms with Gasteiger partial charge in [0, 0.05) is 47.7 Å². The molecule has 0 spiro atoms. The Kier molecular flexibility index (Phi) is 7.60. The summed E-state index contributed by atoms with van der Waals surface area (Å²) in [6.07, 6.45) is 7.80. The van der Waals surface area contributed by atoms with E-state index in [4.69, 9.17) is 23.2 Å². The molecule has 1 aliphatic heterocycles. The lowest BCUT2D eigenvalue weighted by molar-refractivity contribution is -0.131. The topological polar surface area (TPSA) is 49.4 Å². The Hall–Kier alpha value is -1.52. The molecule has 0 aromatic heterocycles. The second-order valence-electron chi connectivity index (χ2n) is 5.80. The molecule has 1 N–H and O–H groups in total. The van der Waals surface area contributed by atoms with Crippen LogP contribution in [-0.2, 0) is 9.59 Å². The molecular weight excluding hydrogens is 347 g/mol. The van der Waals surface area contributed by atoms with Crippen LogP contribution in [-0.4, -0.2) is 36.3 Å². The normalized spacial score (nSPS) is 15.3. The van der Waals surface area contributed by atoms with E-state index in [1.807, 2.05) is 4.90 Å². The van der Waals surface area contributed by atoms with Crippen molar-refractivity contribution >= 4 is 41.1 Å². The molecule has 1 aromatic rings. The highest BCUT2D eigenvalue weighted by Crippen LogP contribution is 2.25. The zero-order chi connectivity index (χ0) is 17.4. The Labute approximate surface area is 152 Å². The molecule has 1 saturated heterocycles. The molecular formula is C18H22Cl2N2O2. The molecule has 0 aliphatic carbocycles. The van der Waals surface area contributed by atoms with Gasteiger partial charge in [0.15, 0.2) is 0 Å². The van der Waals surface area contributed by atoms with E-state index in [1.54, 1.807) is 24.3 Å². The summed E-state index contributed by atoms with van der Waals surface area (Å²) in [5, 5.41) is 3.70. The first-order valence-corrected chi connectivity index (χ1v) is 9.01. The van der Waals surface area contributed by atoms with E-state index < -0.39 is 0 Å². The fourth-order valence-electron chi connectivity index (χ4n) is 2.66. The molecule has 0 unspecified atom stereocenters. The summed E-state index contributed by atoms with van der Waals surface area (Å²) < 4.78 is 0. The van der Waals surface area contributed by atoms with Crippen LogP contribution in [0.2, 0.25) is 10.0 Å². The predicted octanol–water partition coefficient (Wildman–Crippen LogP) is 3.92. The molecule has 24 heavy (non-hydrogen) atoms. The summed E-state index contributed by atoms with van der Waals surface area (Å²) in [5.41, 5.74) is 0.608. The van der Waals surface area contributed by atoms with Crippen LogP contribution >= 0.6 is 23.2 Å². The number of hydrogen-bond acceptors (Lipinski definition) is 2. The number of nitrogens with zero attached hydrogens (tertiary/aromatic N) is 1. The fourth-order valence-corrected chi connectivity index (χ4v) is 3.18. The number of hydrogen-bond donors (Lipinski definition) is 1. The van der Waals surface area contributed by atoms with Crippen LogP contribution in [0.25, 0.3) is 6.08 Å². The van der Waals surface area contributed by atoms with Gasteiger partial charge in [-0.15, -0.1) is 0 Å². The molecule has 1 fully saturated rings. The maximum absolute atomic E-state index is 12.1. The Morgan fingerprint density at radius 2 is 1.71 bits per heavy atom. The van der Waals surface area contributed by atoms with Gasteiger partial charge in [-0.1, -0.05) is 42.1 Å². The number of halogens is 2. The third-order valence-corrected chi connectivity index (χ3v) is 4.66. The lowest BCUT2D eigenvalue weighted by atomic mass is 10.2. The lowest BCUT2D eigenvalue weighted by Gasteiger charge is -2.20. The van der Waals surface area contributed by atoms with Crippen molar-refractivity contribution in [1.82, 2.24) is 10.2 Å². The zero-order valence-electron chi connectivity index (χ0n) is 13.6. The third kappa shape index (κ3) is 5.84. The molecule has 4 nitrogen and oxygen atoms in total. The maximum atomic E-state index is 12.1. The molecule has 0 bridgehead atoms. The van der Waals surface area contributed by atoms with Crippen LogP contribution in [0.4, 0.5) is 0 Å². The summed E-state index contributed by atoms with van der Waals surface area (Å²) in [6, 6.07) is 5.17. The summed E-state index contributed by atoms with van der Waals surface area (Å²) in [6.45, 7) is 1.99. The largest absolute Gasteiger partial charge is 0.352 e. The molecule has 2 rings (SSSR count). The first kappa shape index (κ1) is 18.8. The first-order chi connectivity index (χ1) is 11.6. The smallest absolute Gasteiger partial charge is 0.244 e. The standard InChI is InChI=1S/C18H22Cl2N2O2/c19-15-6-5-7-16(20)14(15)8-9-17(23)21-11-10-18(24)22-12-3-1-2-4-13-22/h5-9H,1-4,10-13H2,(H,21,23)/b9-8+. The van der Waals surface area contributed by atoms with Gasteiger partial charge in [0.25, 0.3) is 0 Å². The van der Waals surface area contributed by atoms with Crippen LogP contribution in [0.3, 0.4) is 0 Å².